The van der Waals surface area contributed by atoms with Crippen molar-refractivity contribution in [2.45, 2.75) is 13.0 Å². The first-order valence-corrected chi connectivity index (χ1v) is 6.90. The fourth-order valence-electron chi connectivity index (χ4n) is 2.38. The number of aromatic nitrogens is 2. The van der Waals surface area contributed by atoms with Gasteiger partial charge in [0.1, 0.15) is 0 Å². The molecule has 19 heavy (non-hydrogen) atoms. The predicted octanol–water partition coefficient (Wildman–Crippen LogP) is 0.662. The summed E-state index contributed by atoms with van der Waals surface area (Å²) >= 11 is 1.43. The first kappa shape index (κ1) is 12.3. The molecule has 1 N–H and O–H groups in total. The van der Waals surface area contributed by atoms with E-state index in [4.69, 9.17) is 5.11 Å². The van der Waals surface area contributed by atoms with Gasteiger partial charge in [-0.3, -0.25) is 18.9 Å². The van der Waals surface area contributed by atoms with Crippen LogP contribution in [0, 0.1) is 5.92 Å². The predicted molar refractivity (Wildman–Crippen MR) is 70.4 cm³/mol. The summed E-state index contributed by atoms with van der Waals surface area (Å²) in [4.78, 5) is 29.6. The zero-order valence-electron chi connectivity index (χ0n) is 10.2. The van der Waals surface area contributed by atoms with E-state index in [0.29, 0.717) is 11.5 Å². The third kappa shape index (κ3) is 2.52. The van der Waals surface area contributed by atoms with E-state index in [1.807, 2.05) is 5.38 Å². The fraction of sp³-hybridized carbons (Fsp3) is 0.417. The fourth-order valence-corrected chi connectivity index (χ4v) is 3.12. The zero-order chi connectivity index (χ0) is 13.4. The standard InChI is InChI=1S/C12H13N3O3S/c16-10-4-9(13-12-15(10)1-2-19-12)7-14-5-8(6-14)3-11(17)18/h1-2,4,8H,3,5-7H2,(H,17,18). The number of carboxylic acids is 1. The third-order valence-electron chi connectivity index (χ3n) is 3.24. The lowest BCUT2D eigenvalue weighted by atomic mass is 9.96. The van der Waals surface area contributed by atoms with Gasteiger partial charge in [0.2, 0.25) is 0 Å². The minimum Gasteiger partial charge on any atom is -0.481 e. The van der Waals surface area contributed by atoms with Gasteiger partial charge >= 0.3 is 5.97 Å². The number of likely N-dealkylation sites (tertiary alicyclic amines) is 1. The number of aliphatic carboxylic acids is 1. The summed E-state index contributed by atoms with van der Waals surface area (Å²) in [5.74, 6) is -0.523. The Morgan fingerprint density at radius 2 is 2.32 bits per heavy atom. The van der Waals surface area contributed by atoms with Crippen molar-refractivity contribution >= 4 is 22.3 Å². The number of carboxylic acid groups (broad SMARTS) is 1. The van der Waals surface area contributed by atoms with Gasteiger partial charge in [0.25, 0.3) is 5.56 Å². The molecule has 3 heterocycles. The average Bonchev–Trinajstić information content (AvgIpc) is 2.74. The van der Waals surface area contributed by atoms with Crippen molar-refractivity contribution in [3.8, 4) is 0 Å². The van der Waals surface area contributed by atoms with Gasteiger partial charge in [0.15, 0.2) is 4.96 Å². The van der Waals surface area contributed by atoms with Crippen LogP contribution in [0.3, 0.4) is 0 Å². The molecule has 1 saturated heterocycles. The van der Waals surface area contributed by atoms with Gasteiger partial charge in [0, 0.05) is 37.3 Å². The van der Waals surface area contributed by atoms with Crippen molar-refractivity contribution < 1.29 is 9.90 Å². The van der Waals surface area contributed by atoms with Gasteiger partial charge in [0.05, 0.1) is 12.1 Å². The molecule has 2 aromatic rings. The normalized spacial score (nSPS) is 16.6. The number of thiazole rings is 1. The first-order chi connectivity index (χ1) is 9.11. The Morgan fingerprint density at radius 1 is 1.53 bits per heavy atom. The van der Waals surface area contributed by atoms with E-state index in [-0.39, 0.29) is 17.9 Å². The molecule has 2 aromatic heterocycles. The lowest BCUT2D eigenvalue weighted by Gasteiger charge is -2.38. The summed E-state index contributed by atoms with van der Waals surface area (Å²) in [6, 6.07) is 1.55. The van der Waals surface area contributed by atoms with Crippen LogP contribution in [0.15, 0.2) is 22.4 Å². The van der Waals surface area contributed by atoms with Gasteiger partial charge in [-0.1, -0.05) is 0 Å². The SMILES string of the molecule is O=C(O)CC1CN(Cc2cc(=O)n3ccsc3n2)C1. The molecule has 0 aromatic carbocycles. The molecular formula is C12H13N3O3S. The van der Waals surface area contributed by atoms with E-state index < -0.39 is 5.97 Å². The summed E-state index contributed by atoms with van der Waals surface area (Å²) < 4.78 is 1.53. The molecule has 0 aliphatic carbocycles. The van der Waals surface area contributed by atoms with Gasteiger partial charge in [-0.2, -0.15) is 0 Å². The van der Waals surface area contributed by atoms with Gasteiger partial charge < -0.3 is 5.11 Å². The highest BCUT2D eigenvalue weighted by Gasteiger charge is 2.28. The van der Waals surface area contributed by atoms with Crippen molar-refractivity contribution in [2.75, 3.05) is 13.1 Å². The molecule has 0 unspecified atom stereocenters. The highest BCUT2D eigenvalue weighted by atomic mass is 32.1. The largest absolute Gasteiger partial charge is 0.481 e. The van der Waals surface area contributed by atoms with Gasteiger partial charge in [-0.05, 0) is 5.92 Å². The number of hydrogen-bond donors (Lipinski definition) is 1. The molecule has 100 valence electrons. The van der Waals surface area contributed by atoms with E-state index in [9.17, 15) is 9.59 Å². The van der Waals surface area contributed by atoms with Crippen LogP contribution in [0.4, 0.5) is 0 Å². The maximum atomic E-state index is 11.8. The first-order valence-electron chi connectivity index (χ1n) is 6.02. The summed E-state index contributed by atoms with van der Waals surface area (Å²) in [6.07, 6.45) is 1.93. The second kappa shape index (κ2) is 4.75. The Morgan fingerprint density at radius 3 is 3.05 bits per heavy atom. The third-order valence-corrected chi connectivity index (χ3v) is 3.99. The second-order valence-corrected chi connectivity index (χ2v) is 5.67. The Balaban J connectivity index is 1.67. The molecule has 0 spiro atoms. The van der Waals surface area contributed by atoms with Gasteiger partial charge in [-0.25, -0.2) is 4.98 Å². The molecule has 1 aliphatic rings. The van der Waals surface area contributed by atoms with Crippen LogP contribution < -0.4 is 5.56 Å². The highest BCUT2D eigenvalue weighted by molar-refractivity contribution is 7.15. The summed E-state index contributed by atoms with van der Waals surface area (Å²) in [7, 11) is 0. The minimum absolute atomic E-state index is 0.0659. The lowest BCUT2D eigenvalue weighted by molar-refractivity contribution is -0.139. The van der Waals surface area contributed by atoms with E-state index >= 15 is 0 Å². The van der Waals surface area contributed by atoms with E-state index in [2.05, 4.69) is 9.88 Å². The number of hydrogen-bond acceptors (Lipinski definition) is 5. The molecule has 0 saturated carbocycles. The maximum absolute atomic E-state index is 11.8. The van der Waals surface area contributed by atoms with Crippen LogP contribution in [0.2, 0.25) is 0 Å². The van der Waals surface area contributed by atoms with E-state index in [1.165, 1.54) is 15.7 Å². The molecule has 3 rings (SSSR count). The van der Waals surface area contributed by atoms with E-state index in [0.717, 1.165) is 18.8 Å². The van der Waals surface area contributed by atoms with Crippen molar-refractivity contribution in [3.63, 3.8) is 0 Å². The Kier molecular flexibility index (Phi) is 3.08. The van der Waals surface area contributed by atoms with Crippen LogP contribution in [0.1, 0.15) is 12.1 Å². The molecule has 1 fully saturated rings. The van der Waals surface area contributed by atoms with Crippen molar-refractivity contribution in [3.05, 3.63) is 33.7 Å². The molecule has 7 heteroatoms. The molecule has 0 bridgehead atoms. The summed E-state index contributed by atoms with van der Waals surface area (Å²) in [6.45, 7) is 2.13. The number of rotatable bonds is 4. The minimum atomic E-state index is -0.749. The van der Waals surface area contributed by atoms with Crippen LogP contribution >= 0.6 is 11.3 Å². The van der Waals surface area contributed by atoms with Crippen LogP contribution in [-0.2, 0) is 11.3 Å². The van der Waals surface area contributed by atoms with Crippen LogP contribution in [0.25, 0.3) is 4.96 Å². The summed E-state index contributed by atoms with van der Waals surface area (Å²) in [5, 5.41) is 10.5. The Hall–Kier alpha value is -1.73. The average molecular weight is 279 g/mol. The molecular weight excluding hydrogens is 266 g/mol. The van der Waals surface area contributed by atoms with Crippen molar-refractivity contribution in [2.24, 2.45) is 5.92 Å². The maximum Gasteiger partial charge on any atom is 0.303 e. The van der Waals surface area contributed by atoms with Crippen molar-refractivity contribution in [1.29, 1.82) is 0 Å². The smallest absolute Gasteiger partial charge is 0.303 e. The zero-order valence-corrected chi connectivity index (χ0v) is 11.0. The Bertz CT molecular complexity index is 672. The Labute approximate surface area is 112 Å². The van der Waals surface area contributed by atoms with Crippen molar-refractivity contribution in [1.82, 2.24) is 14.3 Å². The van der Waals surface area contributed by atoms with E-state index in [1.54, 1.807) is 12.3 Å². The molecule has 0 atom stereocenters. The monoisotopic (exact) mass is 279 g/mol. The highest BCUT2D eigenvalue weighted by Crippen LogP contribution is 2.20. The lowest BCUT2D eigenvalue weighted by Crippen LogP contribution is -2.46. The summed E-state index contributed by atoms with van der Waals surface area (Å²) in [5.41, 5.74) is 0.685. The molecule has 1 aliphatic heterocycles. The van der Waals surface area contributed by atoms with Crippen LogP contribution in [0.5, 0.6) is 0 Å². The topological polar surface area (TPSA) is 74.9 Å². The number of carbonyl (C=O) groups is 1. The number of nitrogens with zero attached hydrogens (tertiary/aromatic N) is 3. The quantitative estimate of drug-likeness (QED) is 0.890. The second-order valence-electron chi connectivity index (χ2n) is 4.80. The van der Waals surface area contributed by atoms with Crippen LogP contribution in [-0.4, -0.2) is 38.4 Å². The molecule has 0 amide bonds. The number of fused-ring (bicyclic) bond motifs is 1. The molecule has 0 radical (unpaired) electrons. The van der Waals surface area contributed by atoms with Gasteiger partial charge in [-0.15, -0.1) is 11.3 Å². The molecule has 6 nitrogen and oxygen atoms in total.